The van der Waals surface area contributed by atoms with Crippen molar-refractivity contribution in [2.75, 3.05) is 4.72 Å². The van der Waals surface area contributed by atoms with Crippen LogP contribution in [0.25, 0.3) is 0 Å². The van der Waals surface area contributed by atoms with Gasteiger partial charge in [0.2, 0.25) is 0 Å². The Morgan fingerprint density at radius 1 is 1.47 bits per heavy atom. The molecular weight excluding hydrogens is 288 g/mol. The number of hydrogen-bond acceptors (Lipinski definition) is 4. The molecule has 0 spiro atoms. The van der Waals surface area contributed by atoms with Crippen LogP contribution in [0.5, 0.6) is 0 Å². The Labute approximate surface area is 116 Å². The van der Waals surface area contributed by atoms with Crippen molar-refractivity contribution in [3.63, 3.8) is 0 Å². The lowest BCUT2D eigenvalue weighted by Gasteiger charge is -2.08. The van der Waals surface area contributed by atoms with Gasteiger partial charge in [-0.15, -0.1) is 0 Å². The minimum Gasteiger partial charge on any atom is -0.276 e. The van der Waals surface area contributed by atoms with E-state index in [9.17, 15) is 8.42 Å². The van der Waals surface area contributed by atoms with Crippen molar-refractivity contribution in [3.05, 3.63) is 35.4 Å². The van der Waals surface area contributed by atoms with E-state index in [0.29, 0.717) is 17.8 Å². The molecule has 0 bridgehead atoms. The Balaban J connectivity index is 2.39. The molecule has 0 amide bonds. The predicted molar refractivity (Wildman–Crippen MR) is 72.6 cm³/mol. The Kier molecular flexibility index (Phi) is 3.77. The van der Waals surface area contributed by atoms with Crippen molar-refractivity contribution in [1.82, 2.24) is 14.8 Å². The molecule has 2 aromatic heterocycles. The van der Waals surface area contributed by atoms with Crippen LogP contribution in [-0.4, -0.2) is 23.2 Å². The van der Waals surface area contributed by atoms with Crippen LogP contribution in [0.1, 0.15) is 12.6 Å². The second-order valence-electron chi connectivity index (χ2n) is 3.93. The van der Waals surface area contributed by atoms with Gasteiger partial charge in [-0.2, -0.15) is 5.10 Å². The highest BCUT2D eigenvalue weighted by molar-refractivity contribution is 7.92. The standard InChI is InChI=1S/C11H13ClN4O2S/c1-3-9-10(7-16(2)14-9)15-19(17,18)11-6-13-5-4-8(11)12/h4-7,15H,3H2,1-2H3. The molecule has 0 aliphatic heterocycles. The zero-order valence-corrected chi connectivity index (χ0v) is 12.0. The van der Waals surface area contributed by atoms with Crippen LogP contribution >= 0.6 is 11.6 Å². The van der Waals surface area contributed by atoms with Crippen molar-refractivity contribution < 1.29 is 8.42 Å². The average Bonchev–Trinajstić information content (AvgIpc) is 2.69. The molecule has 2 aromatic rings. The monoisotopic (exact) mass is 300 g/mol. The largest absolute Gasteiger partial charge is 0.276 e. The molecule has 0 saturated heterocycles. The quantitative estimate of drug-likeness (QED) is 0.934. The molecule has 0 aliphatic carbocycles. The van der Waals surface area contributed by atoms with E-state index in [1.807, 2.05) is 6.92 Å². The van der Waals surface area contributed by atoms with Gasteiger partial charge < -0.3 is 0 Å². The topological polar surface area (TPSA) is 76.9 Å². The number of hydrogen-bond donors (Lipinski definition) is 1. The molecule has 2 rings (SSSR count). The number of aromatic nitrogens is 3. The van der Waals surface area contributed by atoms with Gasteiger partial charge in [0.15, 0.2) is 0 Å². The first-order chi connectivity index (χ1) is 8.94. The summed E-state index contributed by atoms with van der Waals surface area (Å²) in [5.74, 6) is 0. The second kappa shape index (κ2) is 5.18. The van der Waals surface area contributed by atoms with Gasteiger partial charge >= 0.3 is 0 Å². The zero-order chi connectivity index (χ0) is 14.0. The lowest BCUT2D eigenvalue weighted by molar-refractivity contribution is 0.601. The lowest BCUT2D eigenvalue weighted by atomic mass is 10.3. The zero-order valence-electron chi connectivity index (χ0n) is 10.5. The second-order valence-corrected chi connectivity index (χ2v) is 5.99. The molecule has 6 nitrogen and oxygen atoms in total. The Hall–Kier alpha value is -1.60. The van der Waals surface area contributed by atoms with E-state index in [0.717, 1.165) is 0 Å². The minimum atomic E-state index is -3.76. The molecule has 8 heteroatoms. The molecule has 0 unspecified atom stereocenters. The number of sulfonamides is 1. The summed E-state index contributed by atoms with van der Waals surface area (Å²) >= 11 is 5.87. The highest BCUT2D eigenvalue weighted by Crippen LogP contribution is 2.23. The van der Waals surface area contributed by atoms with Crippen molar-refractivity contribution in [2.24, 2.45) is 7.05 Å². The Morgan fingerprint density at radius 3 is 2.84 bits per heavy atom. The fourth-order valence-corrected chi connectivity index (χ4v) is 3.15. The molecule has 0 radical (unpaired) electrons. The summed E-state index contributed by atoms with van der Waals surface area (Å²) < 4.78 is 28.5. The molecule has 0 fully saturated rings. The number of nitrogens with zero attached hydrogens (tertiary/aromatic N) is 3. The molecule has 0 aromatic carbocycles. The van der Waals surface area contributed by atoms with Crippen molar-refractivity contribution >= 4 is 27.3 Å². The number of halogens is 1. The number of rotatable bonds is 4. The molecule has 0 saturated carbocycles. The van der Waals surface area contributed by atoms with Crippen molar-refractivity contribution in [1.29, 1.82) is 0 Å². The van der Waals surface area contributed by atoms with E-state index < -0.39 is 10.0 Å². The third kappa shape index (κ3) is 2.87. The summed E-state index contributed by atoms with van der Waals surface area (Å²) in [6.07, 6.45) is 4.88. The van der Waals surface area contributed by atoms with Crippen LogP contribution in [0.3, 0.4) is 0 Å². The van der Waals surface area contributed by atoms with Gasteiger partial charge in [0.25, 0.3) is 10.0 Å². The highest BCUT2D eigenvalue weighted by atomic mass is 35.5. The van der Waals surface area contributed by atoms with Gasteiger partial charge in [-0.05, 0) is 12.5 Å². The van der Waals surface area contributed by atoms with Gasteiger partial charge in [-0.3, -0.25) is 14.4 Å². The van der Waals surface area contributed by atoms with Gasteiger partial charge in [0.1, 0.15) is 4.90 Å². The summed E-state index contributed by atoms with van der Waals surface area (Å²) in [5.41, 5.74) is 1.12. The lowest BCUT2D eigenvalue weighted by Crippen LogP contribution is -2.14. The fourth-order valence-electron chi connectivity index (χ4n) is 1.64. The van der Waals surface area contributed by atoms with E-state index >= 15 is 0 Å². The molecule has 19 heavy (non-hydrogen) atoms. The fraction of sp³-hybridized carbons (Fsp3) is 0.273. The maximum Gasteiger partial charge on any atom is 0.265 e. The normalized spacial score (nSPS) is 11.5. The first-order valence-corrected chi connectivity index (χ1v) is 7.45. The van der Waals surface area contributed by atoms with E-state index in [1.165, 1.54) is 18.5 Å². The predicted octanol–water partition coefficient (Wildman–Crippen LogP) is 1.83. The van der Waals surface area contributed by atoms with E-state index in [2.05, 4.69) is 14.8 Å². The molecule has 2 heterocycles. The average molecular weight is 301 g/mol. The van der Waals surface area contributed by atoms with Gasteiger partial charge in [0.05, 0.1) is 16.4 Å². The smallest absolute Gasteiger partial charge is 0.265 e. The summed E-state index contributed by atoms with van der Waals surface area (Å²) in [5, 5.41) is 4.30. The van der Waals surface area contributed by atoms with Crippen LogP contribution in [0, 0.1) is 0 Å². The van der Waals surface area contributed by atoms with Crippen molar-refractivity contribution in [2.45, 2.75) is 18.2 Å². The van der Waals surface area contributed by atoms with Gasteiger partial charge in [-0.1, -0.05) is 18.5 Å². The number of nitrogens with one attached hydrogen (secondary N) is 1. The van der Waals surface area contributed by atoms with Crippen LogP contribution in [-0.2, 0) is 23.5 Å². The number of pyridine rings is 1. The number of anilines is 1. The van der Waals surface area contributed by atoms with Gasteiger partial charge in [0, 0.05) is 25.6 Å². The Bertz CT molecular complexity index is 696. The van der Waals surface area contributed by atoms with E-state index in [-0.39, 0.29) is 9.92 Å². The van der Waals surface area contributed by atoms with Gasteiger partial charge in [-0.25, -0.2) is 8.42 Å². The minimum absolute atomic E-state index is 0.0532. The summed E-state index contributed by atoms with van der Waals surface area (Å²) in [7, 11) is -2.03. The van der Waals surface area contributed by atoms with Crippen LogP contribution < -0.4 is 4.72 Å². The maximum absolute atomic E-state index is 12.2. The third-order valence-electron chi connectivity index (χ3n) is 2.51. The maximum atomic E-state index is 12.2. The first-order valence-electron chi connectivity index (χ1n) is 5.59. The molecule has 0 atom stereocenters. The van der Waals surface area contributed by atoms with Crippen LogP contribution in [0.2, 0.25) is 5.02 Å². The van der Waals surface area contributed by atoms with E-state index in [4.69, 9.17) is 11.6 Å². The molecule has 0 aliphatic rings. The Morgan fingerprint density at radius 2 is 2.21 bits per heavy atom. The molecule has 1 N–H and O–H groups in total. The summed E-state index contributed by atoms with van der Waals surface area (Å²) in [6, 6.07) is 1.43. The first kappa shape index (κ1) is 13.8. The number of aryl methyl sites for hydroxylation is 2. The highest BCUT2D eigenvalue weighted by Gasteiger charge is 2.20. The van der Waals surface area contributed by atoms with Crippen LogP contribution in [0.15, 0.2) is 29.6 Å². The third-order valence-corrected chi connectivity index (χ3v) is 4.34. The molecular formula is C11H13ClN4O2S. The summed E-state index contributed by atoms with van der Waals surface area (Å²) in [6.45, 7) is 1.90. The van der Waals surface area contributed by atoms with Crippen molar-refractivity contribution in [3.8, 4) is 0 Å². The van der Waals surface area contributed by atoms with Crippen LogP contribution in [0.4, 0.5) is 5.69 Å². The molecule has 102 valence electrons. The van der Waals surface area contributed by atoms with E-state index in [1.54, 1.807) is 17.9 Å². The summed E-state index contributed by atoms with van der Waals surface area (Å²) in [4.78, 5) is 3.72. The SMILES string of the molecule is CCc1nn(C)cc1NS(=O)(=O)c1cnccc1Cl.